The molecule has 1 aromatic rings. The monoisotopic (exact) mass is 306 g/mol. The summed E-state index contributed by atoms with van der Waals surface area (Å²) in [7, 11) is 0. The van der Waals surface area contributed by atoms with Crippen molar-refractivity contribution in [1.29, 1.82) is 0 Å². The third-order valence-corrected chi connectivity index (χ3v) is 3.61. The molecule has 1 aliphatic heterocycles. The van der Waals surface area contributed by atoms with E-state index < -0.39 is 0 Å². The van der Waals surface area contributed by atoms with Crippen molar-refractivity contribution in [3.63, 3.8) is 0 Å². The first kappa shape index (κ1) is 18.5. The minimum Gasteiger partial charge on any atom is -0.507 e. The van der Waals surface area contributed by atoms with Gasteiger partial charge in [0.2, 0.25) is 0 Å². The van der Waals surface area contributed by atoms with Crippen LogP contribution in [0.3, 0.4) is 0 Å². The highest BCUT2D eigenvalue weighted by Crippen LogP contribution is 2.33. The Balaban J connectivity index is 0.00000162. The van der Waals surface area contributed by atoms with Crippen LogP contribution < -0.4 is 5.32 Å². The van der Waals surface area contributed by atoms with Crippen LogP contribution >= 0.6 is 24.8 Å². The van der Waals surface area contributed by atoms with E-state index in [2.05, 4.69) is 23.2 Å². The molecular formula is C14H24Cl2N2O. The van der Waals surface area contributed by atoms with Crippen molar-refractivity contribution in [2.45, 2.75) is 26.3 Å². The van der Waals surface area contributed by atoms with Crippen molar-refractivity contribution in [3.05, 3.63) is 29.3 Å². The molecule has 1 fully saturated rings. The molecule has 1 aromatic carbocycles. The van der Waals surface area contributed by atoms with Gasteiger partial charge in [-0.2, -0.15) is 0 Å². The van der Waals surface area contributed by atoms with Crippen LogP contribution in [0.4, 0.5) is 0 Å². The smallest absolute Gasteiger partial charge is 0.123 e. The highest BCUT2D eigenvalue weighted by Gasteiger charge is 2.23. The van der Waals surface area contributed by atoms with E-state index in [0.717, 1.165) is 43.7 Å². The molecule has 0 bridgehead atoms. The van der Waals surface area contributed by atoms with Gasteiger partial charge in [-0.05, 0) is 18.9 Å². The van der Waals surface area contributed by atoms with E-state index in [-0.39, 0.29) is 24.8 Å². The summed E-state index contributed by atoms with van der Waals surface area (Å²) in [5.41, 5.74) is 2.05. The molecule has 0 radical (unpaired) electrons. The molecule has 0 saturated carbocycles. The van der Waals surface area contributed by atoms with Gasteiger partial charge in [-0.3, -0.25) is 4.90 Å². The van der Waals surface area contributed by atoms with E-state index in [1.54, 1.807) is 0 Å². The molecular weight excluding hydrogens is 283 g/mol. The SMILES string of the molecule is CC[C@@H](c1cccc(C)c1O)N1CCNCC1.Cl.Cl. The minimum atomic E-state index is 0. The van der Waals surface area contributed by atoms with E-state index >= 15 is 0 Å². The molecule has 1 atom stereocenters. The van der Waals surface area contributed by atoms with Crippen LogP contribution in [0.25, 0.3) is 0 Å². The number of halogens is 2. The topological polar surface area (TPSA) is 35.5 Å². The Labute approximate surface area is 128 Å². The summed E-state index contributed by atoms with van der Waals surface area (Å²) in [4.78, 5) is 2.46. The van der Waals surface area contributed by atoms with Crippen LogP contribution in [-0.4, -0.2) is 36.2 Å². The van der Waals surface area contributed by atoms with Gasteiger partial charge in [-0.25, -0.2) is 0 Å². The summed E-state index contributed by atoms with van der Waals surface area (Å²) in [6.07, 6.45) is 1.04. The van der Waals surface area contributed by atoms with Crippen molar-refractivity contribution >= 4 is 24.8 Å². The zero-order valence-corrected chi connectivity index (χ0v) is 13.2. The highest BCUT2D eigenvalue weighted by atomic mass is 35.5. The van der Waals surface area contributed by atoms with Crippen molar-refractivity contribution < 1.29 is 5.11 Å². The lowest BCUT2D eigenvalue weighted by molar-refractivity contribution is 0.167. The van der Waals surface area contributed by atoms with E-state index in [1.807, 2.05) is 19.1 Å². The Morgan fingerprint density at radius 3 is 2.47 bits per heavy atom. The molecule has 1 saturated heterocycles. The Morgan fingerprint density at radius 1 is 1.26 bits per heavy atom. The molecule has 1 aliphatic rings. The number of benzene rings is 1. The first-order valence-electron chi connectivity index (χ1n) is 6.47. The molecule has 1 heterocycles. The summed E-state index contributed by atoms with van der Waals surface area (Å²) < 4.78 is 0. The molecule has 5 heteroatoms. The van der Waals surface area contributed by atoms with Crippen LogP contribution in [0, 0.1) is 6.92 Å². The number of aryl methyl sites for hydroxylation is 1. The number of para-hydroxylation sites is 1. The predicted octanol–water partition coefficient (Wildman–Crippen LogP) is 2.90. The molecule has 0 amide bonds. The van der Waals surface area contributed by atoms with E-state index in [0.29, 0.717) is 11.8 Å². The fourth-order valence-electron chi connectivity index (χ4n) is 2.62. The van der Waals surface area contributed by atoms with Gasteiger partial charge in [0.1, 0.15) is 5.75 Å². The Bertz CT molecular complexity index is 382. The van der Waals surface area contributed by atoms with Crippen molar-refractivity contribution in [2.75, 3.05) is 26.2 Å². The van der Waals surface area contributed by atoms with E-state index in [1.165, 1.54) is 0 Å². The maximum Gasteiger partial charge on any atom is 0.123 e. The largest absolute Gasteiger partial charge is 0.507 e. The number of nitrogens with zero attached hydrogens (tertiary/aromatic N) is 1. The van der Waals surface area contributed by atoms with Crippen LogP contribution in [0.15, 0.2) is 18.2 Å². The molecule has 0 unspecified atom stereocenters. The lowest BCUT2D eigenvalue weighted by Crippen LogP contribution is -2.45. The molecule has 2 N–H and O–H groups in total. The van der Waals surface area contributed by atoms with Gasteiger partial charge in [-0.15, -0.1) is 24.8 Å². The summed E-state index contributed by atoms with van der Waals surface area (Å²) in [6.45, 7) is 8.36. The van der Waals surface area contributed by atoms with Gasteiger partial charge >= 0.3 is 0 Å². The van der Waals surface area contributed by atoms with Gasteiger partial charge in [0, 0.05) is 37.8 Å². The van der Waals surface area contributed by atoms with Crippen LogP contribution in [-0.2, 0) is 0 Å². The zero-order valence-electron chi connectivity index (χ0n) is 11.6. The van der Waals surface area contributed by atoms with Gasteiger partial charge < -0.3 is 10.4 Å². The third-order valence-electron chi connectivity index (χ3n) is 3.61. The molecule has 0 aliphatic carbocycles. The molecule has 19 heavy (non-hydrogen) atoms. The van der Waals surface area contributed by atoms with Gasteiger partial charge in [0.25, 0.3) is 0 Å². The number of nitrogens with one attached hydrogen (secondary N) is 1. The van der Waals surface area contributed by atoms with Crippen LogP contribution in [0.2, 0.25) is 0 Å². The third kappa shape index (κ3) is 4.25. The summed E-state index contributed by atoms with van der Waals surface area (Å²) >= 11 is 0. The Kier molecular flexibility index (Phi) is 8.42. The Morgan fingerprint density at radius 2 is 1.89 bits per heavy atom. The first-order chi connectivity index (χ1) is 8.24. The maximum absolute atomic E-state index is 10.2. The predicted molar refractivity (Wildman–Crippen MR) is 84.8 cm³/mol. The molecule has 0 aromatic heterocycles. The van der Waals surface area contributed by atoms with Gasteiger partial charge in [0.15, 0.2) is 0 Å². The maximum atomic E-state index is 10.2. The second-order valence-corrected chi connectivity index (χ2v) is 4.72. The number of piperazine rings is 1. The number of hydrogen-bond acceptors (Lipinski definition) is 3. The normalized spacial score (nSPS) is 17.2. The average molecular weight is 307 g/mol. The molecule has 3 nitrogen and oxygen atoms in total. The fourth-order valence-corrected chi connectivity index (χ4v) is 2.62. The highest BCUT2D eigenvalue weighted by molar-refractivity contribution is 5.85. The summed E-state index contributed by atoms with van der Waals surface area (Å²) in [5, 5.41) is 13.6. The number of phenols is 1. The van der Waals surface area contributed by atoms with E-state index in [9.17, 15) is 5.11 Å². The van der Waals surface area contributed by atoms with Gasteiger partial charge in [-0.1, -0.05) is 25.1 Å². The number of phenolic OH excluding ortho intramolecular Hbond substituents is 1. The molecule has 110 valence electrons. The van der Waals surface area contributed by atoms with Crippen molar-refractivity contribution in [2.24, 2.45) is 0 Å². The lowest BCUT2D eigenvalue weighted by atomic mass is 9.98. The zero-order chi connectivity index (χ0) is 12.3. The standard InChI is InChI=1S/C14H22N2O.2ClH/c1-3-13(16-9-7-15-8-10-16)12-6-4-5-11(2)14(12)17;;/h4-6,13,15,17H,3,7-10H2,1-2H3;2*1H/t13-;;/m0../s1. The number of aromatic hydroxyl groups is 1. The lowest BCUT2D eigenvalue weighted by Gasteiger charge is -2.35. The quantitative estimate of drug-likeness (QED) is 0.901. The van der Waals surface area contributed by atoms with Crippen molar-refractivity contribution in [3.8, 4) is 5.75 Å². The fraction of sp³-hybridized carbons (Fsp3) is 0.571. The van der Waals surface area contributed by atoms with Gasteiger partial charge in [0.05, 0.1) is 0 Å². The molecule has 0 spiro atoms. The van der Waals surface area contributed by atoms with Crippen LogP contribution in [0.5, 0.6) is 5.75 Å². The van der Waals surface area contributed by atoms with Crippen LogP contribution in [0.1, 0.15) is 30.5 Å². The average Bonchev–Trinajstić information content (AvgIpc) is 2.37. The Hall–Kier alpha value is -0.480. The van der Waals surface area contributed by atoms with Crippen molar-refractivity contribution in [1.82, 2.24) is 10.2 Å². The summed E-state index contributed by atoms with van der Waals surface area (Å²) in [6, 6.07) is 6.40. The second-order valence-electron chi connectivity index (χ2n) is 4.72. The number of rotatable bonds is 3. The summed E-state index contributed by atoms with van der Waals surface area (Å²) in [5.74, 6) is 0.470. The van der Waals surface area contributed by atoms with E-state index in [4.69, 9.17) is 0 Å². The minimum absolute atomic E-state index is 0. The second kappa shape index (κ2) is 8.64. The number of hydrogen-bond donors (Lipinski definition) is 2. The first-order valence-corrected chi connectivity index (χ1v) is 6.47. The molecule has 2 rings (SSSR count).